The van der Waals surface area contributed by atoms with E-state index in [-0.39, 0.29) is 17.0 Å². The summed E-state index contributed by atoms with van der Waals surface area (Å²) >= 11 is 0. The largest absolute Gasteiger partial charge is 0.491 e. The van der Waals surface area contributed by atoms with Gasteiger partial charge < -0.3 is 10.5 Å². The lowest BCUT2D eigenvalue weighted by Gasteiger charge is -2.11. The minimum Gasteiger partial charge on any atom is -0.491 e. The van der Waals surface area contributed by atoms with Crippen molar-refractivity contribution in [1.29, 1.82) is 0 Å². The molecule has 1 aromatic rings. The van der Waals surface area contributed by atoms with Gasteiger partial charge in [-0.05, 0) is 13.3 Å². The lowest BCUT2D eigenvalue weighted by Crippen LogP contribution is -2.04. The number of benzene rings is 1. The van der Waals surface area contributed by atoms with Crippen molar-refractivity contribution in [3.63, 3.8) is 0 Å². The fourth-order valence-corrected chi connectivity index (χ4v) is 1.18. The number of ether oxygens (including phenoxy) is 1. The number of unbranched alkanes of at least 4 members (excludes halogenated alkanes) is 1. The van der Waals surface area contributed by atoms with E-state index >= 15 is 0 Å². The maximum absolute atomic E-state index is 13.0. The molecule has 0 aromatic heterocycles. The molecule has 0 aliphatic rings. The van der Waals surface area contributed by atoms with Gasteiger partial charge in [-0.25, -0.2) is 8.78 Å². The van der Waals surface area contributed by atoms with Crippen LogP contribution in [0.4, 0.5) is 14.5 Å². The fraction of sp³-hybridized carbons (Fsp3) is 0.455. The van der Waals surface area contributed by atoms with Crippen LogP contribution in [0, 0.1) is 18.6 Å². The Hall–Kier alpha value is -1.32. The van der Waals surface area contributed by atoms with Gasteiger partial charge in [0.25, 0.3) is 0 Å². The summed E-state index contributed by atoms with van der Waals surface area (Å²) < 4.78 is 31.3. The van der Waals surface area contributed by atoms with Crippen molar-refractivity contribution in [3.8, 4) is 5.75 Å². The average Bonchev–Trinajstić information content (AvgIpc) is 2.23. The van der Waals surface area contributed by atoms with Crippen molar-refractivity contribution in [2.75, 3.05) is 12.3 Å². The summed E-state index contributed by atoms with van der Waals surface area (Å²) in [5.41, 5.74) is 5.87. The predicted molar refractivity (Wildman–Crippen MR) is 55.9 cm³/mol. The van der Waals surface area contributed by atoms with Crippen LogP contribution in [0.5, 0.6) is 5.75 Å². The minimum absolute atomic E-state index is 0.0986. The molecular weight excluding hydrogens is 200 g/mol. The van der Waals surface area contributed by atoms with Crippen molar-refractivity contribution in [2.24, 2.45) is 0 Å². The Morgan fingerprint density at radius 3 is 2.67 bits per heavy atom. The quantitative estimate of drug-likeness (QED) is 0.619. The van der Waals surface area contributed by atoms with Crippen LogP contribution in [0.25, 0.3) is 0 Å². The first-order chi connectivity index (χ1) is 7.07. The molecule has 0 heterocycles. The van der Waals surface area contributed by atoms with Crippen LogP contribution < -0.4 is 10.5 Å². The number of nitrogen functional groups attached to an aromatic ring is 1. The first-order valence-corrected chi connectivity index (χ1v) is 4.94. The highest BCUT2D eigenvalue weighted by atomic mass is 19.2. The summed E-state index contributed by atoms with van der Waals surface area (Å²) in [6.07, 6.45) is 1.83. The van der Waals surface area contributed by atoms with E-state index in [0.29, 0.717) is 6.61 Å². The molecule has 2 nitrogen and oxygen atoms in total. The maximum atomic E-state index is 13.0. The highest BCUT2D eigenvalue weighted by Crippen LogP contribution is 2.29. The molecule has 0 fully saturated rings. The molecule has 0 atom stereocenters. The van der Waals surface area contributed by atoms with Crippen LogP contribution in [0.15, 0.2) is 6.07 Å². The van der Waals surface area contributed by atoms with E-state index in [2.05, 4.69) is 0 Å². The van der Waals surface area contributed by atoms with E-state index in [4.69, 9.17) is 10.5 Å². The summed E-state index contributed by atoms with van der Waals surface area (Å²) in [5, 5.41) is 0. The topological polar surface area (TPSA) is 35.2 Å². The van der Waals surface area contributed by atoms with Crippen molar-refractivity contribution in [3.05, 3.63) is 23.3 Å². The fourth-order valence-electron chi connectivity index (χ4n) is 1.18. The van der Waals surface area contributed by atoms with Gasteiger partial charge >= 0.3 is 0 Å². The molecule has 0 bridgehead atoms. The summed E-state index contributed by atoms with van der Waals surface area (Å²) in [4.78, 5) is 0. The zero-order valence-electron chi connectivity index (χ0n) is 8.94. The average molecular weight is 215 g/mol. The van der Waals surface area contributed by atoms with E-state index < -0.39 is 11.6 Å². The molecule has 0 amide bonds. The standard InChI is InChI=1S/C11H15F2NO/c1-3-4-5-15-9-6-8(12)10(13)7(2)11(9)14/h6H,3-5,14H2,1-2H3. The minimum atomic E-state index is -0.923. The normalized spacial score (nSPS) is 10.4. The number of hydrogen-bond donors (Lipinski definition) is 1. The van der Waals surface area contributed by atoms with Gasteiger partial charge in [-0.15, -0.1) is 0 Å². The molecule has 0 unspecified atom stereocenters. The van der Waals surface area contributed by atoms with Gasteiger partial charge in [0.2, 0.25) is 0 Å². The third-order valence-corrected chi connectivity index (χ3v) is 2.22. The molecular formula is C11H15F2NO. The van der Waals surface area contributed by atoms with Crippen LogP contribution in [0.3, 0.4) is 0 Å². The second-order valence-corrected chi connectivity index (χ2v) is 3.41. The lowest BCUT2D eigenvalue weighted by atomic mass is 10.1. The van der Waals surface area contributed by atoms with Crippen molar-refractivity contribution in [1.82, 2.24) is 0 Å². The van der Waals surface area contributed by atoms with Crippen LogP contribution in [0.1, 0.15) is 25.3 Å². The first kappa shape index (κ1) is 11.8. The predicted octanol–water partition coefficient (Wildman–Crippen LogP) is 3.03. The Morgan fingerprint density at radius 1 is 1.40 bits per heavy atom. The van der Waals surface area contributed by atoms with Crippen LogP contribution >= 0.6 is 0 Å². The smallest absolute Gasteiger partial charge is 0.164 e. The van der Waals surface area contributed by atoms with E-state index in [9.17, 15) is 8.78 Å². The molecule has 0 aliphatic carbocycles. The molecule has 0 saturated heterocycles. The van der Waals surface area contributed by atoms with Gasteiger partial charge in [0.15, 0.2) is 11.6 Å². The zero-order valence-corrected chi connectivity index (χ0v) is 8.94. The second-order valence-electron chi connectivity index (χ2n) is 3.41. The van der Waals surface area contributed by atoms with Gasteiger partial charge in [0.1, 0.15) is 5.75 Å². The number of halogens is 2. The molecule has 0 saturated carbocycles. The Bertz CT molecular complexity index is 353. The SMILES string of the molecule is CCCCOc1cc(F)c(F)c(C)c1N. The van der Waals surface area contributed by atoms with Gasteiger partial charge in [0.05, 0.1) is 12.3 Å². The van der Waals surface area contributed by atoms with Crippen molar-refractivity contribution >= 4 is 5.69 Å². The van der Waals surface area contributed by atoms with Crippen LogP contribution in [-0.2, 0) is 0 Å². The molecule has 0 spiro atoms. The molecule has 84 valence electrons. The second kappa shape index (κ2) is 4.96. The Morgan fingerprint density at radius 2 is 2.07 bits per heavy atom. The molecule has 1 aromatic carbocycles. The Kier molecular flexibility index (Phi) is 3.88. The van der Waals surface area contributed by atoms with Crippen molar-refractivity contribution in [2.45, 2.75) is 26.7 Å². The highest BCUT2D eigenvalue weighted by molar-refractivity contribution is 5.58. The van der Waals surface area contributed by atoms with Crippen LogP contribution in [0.2, 0.25) is 0 Å². The Labute approximate surface area is 88.0 Å². The lowest BCUT2D eigenvalue weighted by molar-refractivity contribution is 0.308. The summed E-state index contributed by atoms with van der Waals surface area (Å²) in [7, 11) is 0. The summed E-state index contributed by atoms with van der Waals surface area (Å²) in [6.45, 7) is 3.91. The molecule has 0 radical (unpaired) electrons. The first-order valence-electron chi connectivity index (χ1n) is 4.94. The number of hydrogen-bond acceptors (Lipinski definition) is 2. The molecule has 0 aliphatic heterocycles. The molecule has 2 N–H and O–H groups in total. The van der Waals surface area contributed by atoms with Gasteiger partial charge in [-0.1, -0.05) is 13.3 Å². The van der Waals surface area contributed by atoms with E-state index in [1.54, 1.807) is 0 Å². The molecule has 4 heteroatoms. The van der Waals surface area contributed by atoms with Gasteiger partial charge in [-0.2, -0.15) is 0 Å². The number of rotatable bonds is 4. The Balaban J connectivity index is 2.89. The van der Waals surface area contributed by atoms with Gasteiger partial charge in [-0.3, -0.25) is 0 Å². The zero-order chi connectivity index (χ0) is 11.4. The number of anilines is 1. The third kappa shape index (κ3) is 2.58. The summed E-state index contributed by atoms with van der Waals surface area (Å²) in [5.74, 6) is -1.61. The van der Waals surface area contributed by atoms with Crippen molar-refractivity contribution < 1.29 is 13.5 Å². The van der Waals surface area contributed by atoms with E-state index in [1.807, 2.05) is 6.92 Å². The van der Waals surface area contributed by atoms with Gasteiger partial charge in [0, 0.05) is 11.6 Å². The van der Waals surface area contributed by atoms with Crippen LogP contribution in [-0.4, -0.2) is 6.61 Å². The van der Waals surface area contributed by atoms with E-state index in [0.717, 1.165) is 18.9 Å². The molecule has 1 rings (SSSR count). The third-order valence-electron chi connectivity index (χ3n) is 2.22. The number of nitrogens with two attached hydrogens (primary N) is 1. The maximum Gasteiger partial charge on any atom is 0.164 e. The van der Waals surface area contributed by atoms with E-state index in [1.165, 1.54) is 6.92 Å². The highest BCUT2D eigenvalue weighted by Gasteiger charge is 2.13. The summed E-state index contributed by atoms with van der Waals surface area (Å²) in [6, 6.07) is 0.993. The molecule has 15 heavy (non-hydrogen) atoms. The monoisotopic (exact) mass is 215 g/mol.